The minimum Gasteiger partial charge on any atom is -0.492 e. The first-order valence-electron chi connectivity index (χ1n) is 11.7. The Balaban J connectivity index is 1.33. The number of likely N-dealkylation sites (N-methyl/N-ethyl adjacent to an activating group) is 1. The number of rotatable bonds is 9. The third kappa shape index (κ3) is 6.61. The van der Waals surface area contributed by atoms with Gasteiger partial charge in [-0.2, -0.15) is 13.2 Å². The van der Waals surface area contributed by atoms with Crippen molar-refractivity contribution >= 4 is 5.91 Å². The molecule has 1 aliphatic heterocycles. The number of ether oxygens (including phenoxy) is 1. The Morgan fingerprint density at radius 3 is 2.58 bits per heavy atom. The Hall–Kier alpha value is -3.43. The topological polar surface area (TPSA) is 57.7 Å². The van der Waals surface area contributed by atoms with Crippen molar-refractivity contribution in [3.05, 3.63) is 94.3 Å². The van der Waals surface area contributed by atoms with Gasteiger partial charge in [-0.15, -0.1) is 0 Å². The number of hydrogen-bond acceptors (Lipinski definition) is 5. The lowest BCUT2D eigenvalue weighted by atomic mass is 10.1. The summed E-state index contributed by atoms with van der Waals surface area (Å²) in [6.45, 7) is 3.32. The van der Waals surface area contributed by atoms with Crippen LogP contribution in [-0.4, -0.2) is 47.9 Å². The quantitative estimate of drug-likeness (QED) is 0.471. The predicted molar refractivity (Wildman–Crippen MR) is 130 cm³/mol. The number of fused-ring (bicyclic) bond motifs is 1. The van der Waals surface area contributed by atoms with Crippen LogP contribution in [0.1, 0.15) is 38.3 Å². The molecule has 1 amide bonds. The molecule has 3 aromatic rings. The van der Waals surface area contributed by atoms with E-state index >= 15 is 0 Å². The second-order valence-corrected chi connectivity index (χ2v) is 9.11. The molecule has 2 aromatic carbocycles. The van der Waals surface area contributed by atoms with E-state index < -0.39 is 11.7 Å². The van der Waals surface area contributed by atoms with Crippen molar-refractivity contribution in [2.75, 3.05) is 27.2 Å². The van der Waals surface area contributed by atoms with E-state index in [0.29, 0.717) is 38.3 Å². The molecule has 0 radical (unpaired) electrons. The van der Waals surface area contributed by atoms with Crippen LogP contribution in [0.5, 0.6) is 5.75 Å². The second-order valence-electron chi connectivity index (χ2n) is 9.11. The first-order valence-corrected chi connectivity index (χ1v) is 11.7. The molecule has 0 aliphatic carbocycles. The normalized spacial score (nSPS) is 13.6. The molecular formula is C27H29F3N4O2. The fourth-order valence-electron chi connectivity index (χ4n) is 4.03. The molecule has 0 atom stereocenters. The Morgan fingerprint density at radius 2 is 1.86 bits per heavy atom. The van der Waals surface area contributed by atoms with Crippen LogP contribution < -0.4 is 10.1 Å². The van der Waals surface area contributed by atoms with Crippen LogP contribution >= 0.6 is 0 Å². The molecule has 1 aliphatic rings. The summed E-state index contributed by atoms with van der Waals surface area (Å²) in [6, 6.07) is 14.7. The number of aromatic nitrogens is 1. The van der Waals surface area contributed by atoms with Gasteiger partial charge >= 0.3 is 6.18 Å². The molecule has 1 aromatic heterocycles. The minimum absolute atomic E-state index is 0.227. The van der Waals surface area contributed by atoms with Gasteiger partial charge < -0.3 is 15.0 Å². The van der Waals surface area contributed by atoms with Gasteiger partial charge in [-0.1, -0.05) is 30.3 Å². The van der Waals surface area contributed by atoms with Gasteiger partial charge in [-0.25, -0.2) is 0 Å². The van der Waals surface area contributed by atoms with E-state index in [2.05, 4.69) is 15.2 Å². The molecule has 0 unspecified atom stereocenters. The van der Waals surface area contributed by atoms with Crippen molar-refractivity contribution in [2.45, 2.75) is 32.4 Å². The third-order valence-electron chi connectivity index (χ3n) is 5.98. The van der Waals surface area contributed by atoms with Crippen LogP contribution in [0, 0.1) is 0 Å². The first-order chi connectivity index (χ1) is 17.2. The summed E-state index contributed by atoms with van der Waals surface area (Å²) < 4.78 is 44.2. The lowest BCUT2D eigenvalue weighted by molar-refractivity contribution is -0.137. The minimum atomic E-state index is -4.34. The lowest BCUT2D eigenvalue weighted by Gasteiger charge is -2.15. The summed E-state index contributed by atoms with van der Waals surface area (Å²) in [5.74, 6) is 0.514. The van der Waals surface area contributed by atoms with Crippen LogP contribution in [0.3, 0.4) is 0 Å². The van der Waals surface area contributed by atoms with E-state index in [1.807, 2.05) is 49.3 Å². The van der Waals surface area contributed by atoms with Crippen LogP contribution in [0.2, 0.25) is 0 Å². The largest absolute Gasteiger partial charge is 0.492 e. The van der Waals surface area contributed by atoms with Crippen molar-refractivity contribution < 1.29 is 22.7 Å². The van der Waals surface area contributed by atoms with E-state index in [9.17, 15) is 18.0 Å². The van der Waals surface area contributed by atoms with Gasteiger partial charge in [0.2, 0.25) is 0 Å². The smallest absolute Gasteiger partial charge is 0.416 e. The van der Waals surface area contributed by atoms with Gasteiger partial charge in [-0.3, -0.25) is 14.7 Å². The third-order valence-corrected chi connectivity index (χ3v) is 5.98. The highest BCUT2D eigenvalue weighted by molar-refractivity contribution is 5.94. The molecule has 190 valence electrons. The van der Waals surface area contributed by atoms with Crippen LogP contribution in [0.15, 0.2) is 60.8 Å². The standard InChI is InChI=1S/C27H29F3N4O2/c1-33(2)11-12-36-25-6-4-3-5-20(25)14-32-26(35)21-13-22-17-34(18-24(22)31-15-21)16-19-7-9-23(10-8-19)27(28,29)30/h3-10,13,15H,11-12,14,16-18H2,1-2H3,(H,32,35). The highest BCUT2D eigenvalue weighted by Crippen LogP contribution is 2.30. The van der Waals surface area contributed by atoms with Crippen molar-refractivity contribution in [3.63, 3.8) is 0 Å². The van der Waals surface area contributed by atoms with Crippen LogP contribution in [-0.2, 0) is 32.4 Å². The van der Waals surface area contributed by atoms with E-state index in [4.69, 9.17) is 4.74 Å². The summed E-state index contributed by atoms with van der Waals surface area (Å²) in [5, 5.41) is 2.94. The molecule has 0 saturated carbocycles. The summed E-state index contributed by atoms with van der Waals surface area (Å²) in [4.78, 5) is 21.4. The number of nitrogens with zero attached hydrogens (tertiary/aromatic N) is 3. The van der Waals surface area contributed by atoms with Gasteiger partial charge in [0.05, 0.1) is 16.8 Å². The SMILES string of the molecule is CN(C)CCOc1ccccc1CNC(=O)c1cnc2c(c1)CN(Cc1ccc(C(F)(F)F)cc1)C2. The number of benzene rings is 2. The number of amides is 1. The average Bonchev–Trinajstić information content (AvgIpc) is 3.24. The fraction of sp³-hybridized carbons (Fsp3) is 0.333. The molecular weight excluding hydrogens is 469 g/mol. The number of pyridine rings is 1. The molecule has 0 bridgehead atoms. The highest BCUT2D eigenvalue weighted by Gasteiger charge is 2.30. The number of alkyl halides is 3. The first kappa shape index (κ1) is 25.7. The van der Waals surface area contributed by atoms with E-state index in [1.165, 1.54) is 12.1 Å². The molecule has 2 heterocycles. The molecule has 9 heteroatoms. The summed E-state index contributed by atoms with van der Waals surface area (Å²) in [5.41, 5.74) is 3.31. The molecule has 0 spiro atoms. The van der Waals surface area contributed by atoms with Gasteiger partial charge in [-0.05, 0) is 49.5 Å². The monoisotopic (exact) mass is 498 g/mol. The Kier molecular flexibility index (Phi) is 7.91. The molecule has 6 nitrogen and oxygen atoms in total. The average molecular weight is 499 g/mol. The molecule has 36 heavy (non-hydrogen) atoms. The van der Waals surface area contributed by atoms with Crippen LogP contribution in [0.4, 0.5) is 13.2 Å². The Morgan fingerprint density at radius 1 is 1.11 bits per heavy atom. The zero-order valence-electron chi connectivity index (χ0n) is 20.3. The lowest BCUT2D eigenvalue weighted by Crippen LogP contribution is -2.24. The summed E-state index contributed by atoms with van der Waals surface area (Å²) in [6.07, 6.45) is -2.78. The number of halogens is 3. The number of carbonyl (C=O) groups excluding carboxylic acids is 1. The molecule has 0 saturated heterocycles. The van der Waals surface area contributed by atoms with Crippen molar-refractivity contribution in [3.8, 4) is 5.75 Å². The van der Waals surface area contributed by atoms with Gasteiger partial charge in [0.25, 0.3) is 5.91 Å². The van der Waals surface area contributed by atoms with Crippen LogP contribution in [0.25, 0.3) is 0 Å². The maximum atomic E-state index is 12.8. The molecule has 0 fully saturated rings. The van der Waals surface area contributed by atoms with E-state index in [1.54, 1.807) is 6.20 Å². The van der Waals surface area contributed by atoms with Crippen molar-refractivity contribution in [1.29, 1.82) is 0 Å². The highest BCUT2D eigenvalue weighted by atomic mass is 19.4. The molecule has 4 rings (SSSR count). The second kappa shape index (κ2) is 11.1. The number of nitrogens with one attached hydrogen (secondary N) is 1. The Bertz CT molecular complexity index is 1200. The zero-order chi connectivity index (χ0) is 25.7. The number of para-hydroxylation sites is 1. The fourth-order valence-corrected chi connectivity index (χ4v) is 4.03. The zero-order valence-corrected chi connectivity index (χ0v) is 20.3. The maximum absolute atomic E-state index is 12.8. The van der Waals surface area contributed by atoms with Crippen molar-refractivity contribution in [2.24, 2.45) is 0 Å². The van der Waals surface area contributed by atoms with E-state index in [-0.39, 0.29) is 5.91 Å². The predicted octanol–water partition coefficient (Wildman–Crippen LogP) is 4.49. The number of hydrogen-bond donors (Lipinski definition) is 1. The Labute approximate surface area is 208 Å². The summed E-state index contributed by atoms with van der Waals surface area (Å²) >= 11 is 0. The van der Waals surface area contributed by atoms with Gasteiger partial charge in [0.15, 0.2) is 0 Å². The summed E-state index contributed by atoms with van der Waals surface area (Å²) in [7, 11) is 3.96. The maximum Gasteiger partial charge on any atom is 0.416 e. The van der Waals surface area contributed by atoms with Crippen molar-refractivity contribution in [1.82, 2.24) is 20.1 Å². The van der Waals surface area contributed by atoms with Gasteiger partial charge in [0, 0.05) is 44.5 Å². The number of carbonyl (C=O) groups is 1. The van der Waals surface area contributed by atoms with E-state index in [0.717, 1.165) is 46.8 Å². The molecule has 1 N–H and O–H groups in total. The van der Waals surface area contributed by atoms with Gasteiger partial charge in [0.1, 0.15) is 12.4 Å².